The van der Waals surface area contributed by atoms with Crippen LogP contribution in [-0.2, 0) is 17.1 Å². The van der Waals surface area contributed by atoms with Crippen LogP contribution in [0.25, 0.3) is 0 Å². The van der Waals surface area contributed by atoms with Crippen LogP contribution in [0.3, 0.4) is 0 Å². The van der Waals surface area contributed by atoms with Crippen molar-refractivity contribution in [3.63, 3.8) is 0 Å². The molecule has 104 valence electrons. The summed E-state index contributed by atoms with van der Waals surface area (Å²) in [5.41, 5.74) is 0.553. The summed E-state index contributed by atoms with van der Waals surface area (Å²) in [5.74, 6) is 0. The first-order valence-corrected chi connectivity index (χ1v) is 7.46. The first-order valence-electron chi connectivity index (χ1n) is 5.60. The molecule has 1 aromatic carbocycles. The second-order valence-electron chi connectivity index (χ2n) is 4.02. The van der Waals surface area contributed by atoms with E-state index in [1.54, 1.807) is 30.3 Å². The molecule has 2 aromatic rings. The summed E-state index contributed by atoms with van der Waals surface area (Å²) in [6.45, 7) is 0. The molecule has 0 fully saturated rings. The Labute approximate surface area is 121 Å². The highest BCUT2D eigenvalue weighted by atomic mass is 35.5. The normalized spacial score (nSPS) is 12.8. The van der Waals surface area contributed by atoms with Gasteiger partial charge in [-0.2, -0.15) is 15.1 Å². The first-order chi connectivity index (χ1) is 9.45. The topological polar surface area (TPSA) is 87.8 Å². The number of aryl methyl sites for hydroxylation is 1. The van der Waals surface area contributed by atoms with Gasteiger partial charge in [-0.05, 0) is 5.56 Å². The van der Waals surface area contributed by atoms with Crippen molar-refractivity contribution in [1.29, 1.82) is 5.26 Å². The third kappa shape index (κ3) is 2.82. The molecular weight excluding hydrogens is 300 g/mol. The van der Waals surface area contributed by atoms with Gasteiger partial charge in [-0.15, -0.1) is 0 Å². The van der Waals surface area contributed by atoms with Crippen LogP contribution in [0.1, 0.15) is 11.6 Å². The highest BCUT2D eigenvalue weighted by molar-refractivity contribution is 7.89. The monoisotopic (exact) mass is 310 g/mol. The zero-order valence-electron chi connectivity index (χ0n) is 10.5. The Kier molecular flexibility index (Phi) is 4.09. The van der Waals surface area contributed by atoms with Crippen LogP contribution in [0.2, 0.25) is 5.02 Å². The molecule has 0 saturated heterocycles. The van der Waals surface area contributed by atoms with E-state index < -0.39 is 16.1 Å². The largest absolute Gasteiger partial charge is 0.260 e. The van der Waals surface area contributed by atoms with Crippen LogP contribution in [-0.4, -0.2) is 18.2 Å². The van der Waals surface area contributed by atoms with Crippen LogP contribution >= 0.6 is 11.6 Å². The van der Waals surface area contributed by atoms with Gasteiger partial charge in [0, 0.05) is 7.05 Å². The molecule has 0 aliphatic rings. The minimum absolute atomic E-state index is 0.00440. The molecular formula is C12H11ClN4O2S. The minimum atomic E-state index is -3.94. The quantitative estimate of drug-likeness (QED) is 0.929. The molecule has 20 heavy (non-hydrogen) atoms. The molecule has 0 saturated carbocycles. The van der Waals surface area contributed by atoms with Crippen molar-refractivity contribution in [2.45, 2.75) is 11.1 Å². The highest BCUT2D eigenvalue weighted by Crippen LogP contribution is 2.22. The number of nitriles is 1. The van der Waals surface area contributed by atoms with Crippen molar-refractivity contribution >= 4 is 21.6 Å². The van der Waals surface area contributed by atoms with E-state index in [-0.39, 0.29) is 10.0 Å². The van der Waals surface area contributed by atoms with Gasteiger partial charge in [-0.25, -0.2) is 8.42 Å². The number of aromatic nitrogens is 2. The number of nitrogens with zero attached hydrogens (tertiary/aromatic N) is 3. The van der Waals surface area contributed by atoms with E-state index in [0.717, 1.165) is 4.68 Å². The summed E-state index contributed by atoms with van der Waals surface area (Å²) in [6.07, 6.45) is 1.24. The van der Waals surface area contributed by atoms with Crippen molar-refractivity contribution in [3.05, 3.63) is 47.1 Å². The van der Waals surface area contributed by atoms with Crippen LogP contribution in [0, 0.1) is 11.3 Å². The Morgan fingerprint density at radius 3 is 2.55 bits per heavy atom. The van der Waals surface area contributed by atoms with Crippen LogP contribution in [0.15, 0.2) is 41.6 Å². The molecule has 0 bridgehead atoms. The molecule has 0 amide bonds. The van der Waals surface area contributed by atoms with Gasteiger partial charge in [0.25, 0.3) is 10.0 Å². The zero-order valence-corrected chi connectivity index (χ0v) is 12.1. The predicted octanol–water partition coefficient (Wildman–Crippen LogP) is 1.62. The fourth-order valence-corrected chi connectivity index (χ4v) is 3.51. The lowest BCUT2D eigenvalue weighted by molar-refractivity contribution is 0.557. The van der Waals surface area contributed by atoms with E-state index in [0.29, 0.717) is 5.56 Å². The van der Waals surface area contributed by atoms with Gasteiger partial charge in [0.2, 0.25) is 0 Å². The zero-order chi connectivity index (χ0) is 14.8. The molecule has 1 unspecified atom stereocenters. The first kappa shape index (κ1) is 14.5. The molecule has 2 rings (SSSR count). The fraction of sp³-hybridized carbons (Fsp3) is 0.167. The maximum Gasteiger partial charge on any atom is 0.260 e. The Balaban J connectivity index is 2.36. The van der Waals surface area contributed by atoms with Crippen LogP contribution in [0.5, 0.6) is 0 Å². The van der Waals surface area contributed by atoms with Gasteiger partial charge in [-0.3, -0.25) is 4.68 Å². The number of nitrogens with one attached hydrogen (secondary N) is 1. The lowest BCUT2D eigenvalue weighted by Crippen LogP contribution is -2.29. The van der Waals surface area contributed by atoms with Gasteiger partial charge < -0.3 is 0 Å². The van der Waals surface area contributed by atoms with Crippen molar-refractivity contribution in [2.75, 3.05) is 0 Å². The van der Waals surface area contributed by atoms with Crippen LogP contribution < -0.4 is 4.72 Å². The van der Waals surface area contributed by atoms with Gasteiger partial charge in [-0.1, -0.05) is 41.9 Å². The van der Waals surface area contributed by atoms with Crippen LogP contribution in [0.4, 0.5) is 0 Å². The standard InChI is InChI=1S/C12H11ClN4O2S/c1-17-12(10(13)8-15-17)20(18,19)16-11(7-14)9-5-3-2-4-6-9/h2-6,8,11,16H,1H3. The molecule has 1 aromatic heterocycles. The SMILES string of the molecule is Cn1ncc(Cl)c1S(=O)(=O)NC(C#N)c1ccccc1. The van der Waals surface area contributed by atoms with Gasteiger partial charge in [0.05, 0.1) is 17.3 Å². The number of halogens is 1. The molecule has 1 atom stereocenters. The lowest BCUT2D eigenvalue weighted by Gasteiger charge is -2.12. The molecule has 0 radical (unpaired) electrons. The second-order valence-corrected chi connectivity index (χ2v) is 6.05. The summed E-state index contributed by atoms with van der Waals surface area (Å²) < 4.78 is 28.0. The third-order valence-electron chi connectivity index (χ3n) is 2.63. The van der Waals surface area contributed by atoms with E-state index in [1.807, 2.05) is 6.07 Å². The fourth-order valence-electron chi connectivity index (χ4n) is 1.73. The molecule has 1 N–H and O–H groups in total. The smallest absolute Gasteiger partial charge is 0.255 e. The minimum Gasteiger partial charge on any atom is -0.255 e. The molecule has 0 aliphatic carbocycles. The highest BCUT2D eigenvalue weighted by Gasteiger charge is 2.26. The predicted molar refractivity (Wildman–Crippen MR) is 73.3 cm³/mol. The molecule has 8 heteroatoms. The van der Waals surface area contributed by atoms with E-state index in [4.69, 9.17) is 16.9 Å². The molecule has 6 nitrogen and oxygen atoms in total. The number of rotatable bonds is 4. The summed E-state index contributed by atoms with van der Waals surface area (Å²) in [7, 11) is -2.48. The van der Waals surface area contributed by atoms with E-state index in [2.05, 4.69) is 9.82 Å². The van der Waals surface area contributed by atoms with E-state index in [9.17, 15) is 8.42 Å². The van der Waals surface area contributed by atoms with Crippen molar-refractivity contribution < 1.29 is 8.42 Å². The van der Waals surface area contributed by atoms with Crippen molar-refractivity contribution in [3.8, 4) is 6.07 Å². The molecule has 1 heterocycles. The number of hydrogen-bond acceptors (Lipinski definition) is 4. The number of hydrogen-bond donors (Lipinski definition) is 1. The van der Waals surface area contributed by atoms with E-state index >= 15 is 0 Å². The summed E-state index contributed by atoms with van der Waals surface area (Å²) in [6, 6.07) is 9.49. The maximum absolute atomic E-state index is 12.3. The van der Waals surface area contributed by atoms with Gasteiger partial charge in [0.15, 0.2) is 5.03 Å². The average molecular weight is 311 g/mol. The lowest BCUT2D eigenvalue weighted by atomic mass is 10.1. The Morgan fingerprint density at radius 1 is 1.40 bits per heavy atom. The maximum atomic E-state index is 12.3. The van der Waals surface area contributed by atoms with Crippen molar-refractivity contribution in [2.24, 2.45) is 7.05 Å². The van der Waals surface area contributed by atoms with Gasteiger partial charge >= 0.3 is 0 Å². The molecule has 0 spiro atoms. The Morgan fingerprint density at radius 2 is 2.05 bits per heavy atom. The van der Waals surface area contributed by atoms with E-state index in [1.165, 1.54) is 13.2 Å². The Hall–Kier alpha value is -1.88. The third-order valence-corrected chi connectivity index (χ3v) is 4.56. The van der Waals surface area contributed by atoms with Gasteiger partial charge in [0.1, 0.15) is 6.04 Å². The summed E-state index contributed by atoms with van der Waals surface area (Å²) in [4.78, 5) is 0. The number of sulfonamides is 1. The van der Waals surface area contributed by atoms with Crippen molar-refractivity contribution in [1.82, 2.24) is 14.5 Å². The second kappa shape index (κ2) is 5.63. The summed E-state index contributed by atoms with van der Waals surface area (Å²) in [5, 5.41) is 12.8. The average Bonchev–Trinajstić information content (AvgIpc) is 2.77. The number of benzene rings is 1. The summed E-state index contributed by atoms with van der Waals surface area (Å²) >= 11 is 5.82. The Bertz CT molecular complexity index is 730. The molecule has 0 aliphatic heterocycles.